The fraction of sp³-hybridized carbons (Fsp3) is 0.474. The number of aromatic amines is 2. The monoisotopic (exact) mass is 1200 g/mol. The van der Waals surface area contributed by atoms with Crippen molar-refractivity contribution >= 4 is 29.5 Å². The first-order valence-corrected chi connectivity index (χ1v) is 33.4. The van der Waals surface area contributed by atoms with Crippen LogP contribution in [0.2, 0.25) is 0 Å². The quantitative estimate of drug-likeness (QED) is 0.0558. The number of phenolic OH excluding ortho intramolecular Hbond substituents is 2. The zero-order valence-electron chi connectivity index (χ0n) is 50.8. The number of anilines is 1. The number of Topliss-reactive ketones (excluding diaryl/α,β-unsaturated/α-hetero) is 2. The molecule has 2 aromatic heterocycles. The summed E-state index contributed by atoms with van der Waals surface area (Å²) in [5, 5.41) is 83.8. The predicted octanol–water partition coefficient (Wildman–Crippen LogP) is 11.8. The van der Waals surface area contributed by atoms with Crippen molar-refractivity contribution in [3.05, 3.63) is 164 Å². The summed E-state index contributed by atoms with van der Waals surface area (Å²) in [6, 6.07) is 25.0. The molecule has 11 atom stereocenters. The molecule has 89 heavy (non-hydrogen) atoms. The van der Waals surface area contributed by atoms with E-state index in [1.54, 1.807) is 24.3 Å². The number of aryl methyl sites for hydroxylation is 2. The molecule has 13 heteroatoms. The third-order valence-electron chi connectivity index (χ3n) is 23.1. The van der Waals surface area contributed by atoms with Crippen LogP contribution in [0.15, 0.2) is 103 Å². The van der Waals surface area contributed by atoms with E-state index in [9.17, 15) is 30.6 Å². The molecule has 0 unspecified atom stereocenters. The first-order chi connectivity index (χ1) is 43.3. The number of rotatable bonds is 6. The molecular weight excluding hydrogens is 1110 g/mol. The lowest BCUT2D eigenvalue weighted by Gasteiger charge is -2.44. The highest BCUT2D eigenvalue weighted by molar-refractivity contribution is 6.05. The van der Waals surface area contributed by atoms with Gasteiger partial charge in [0.1, 0.15) is 29.5 Å². The van der Waals surface area contributed by atoms with Gasteiger partial charge >= 0.3 is 0 Å². The topological polar surface area (TPSA) is 220 Å². The minimum Gasteiger partial charge on any atom is -0.507 e. The van der Waals surface area contributed by atoms with E-state index in [4.69, 9.17) is 4.74 Å². The molecule has 1 saturated heterocycles. The van der Waals surface area contributed by atoms with Crippen LogP contribution in [0.1, 0.15) is 183 Å². The van der Waals surface area contributed by atoms with Gasteiger partial charge in [0.05, 0.1) is 29.6 Å². The Kier molecular flexibility index (Phi) is 15.2. The number of ether oxygens (including phenoxy) is 1. The van der Waals surface area contributed by atoms with Crippen LogP contribution in [0.25, 0.3) is 23.3 Å². The third kappa shape index (κ3) is 10.5. The number of piperidine rings is 1. The van der Waals surface area contributed by atoms with Gasteiger partial charge in [-0.15, -0.1) is 0 Å². The molecule has 10 bridgehead atoms. The van der Waals surface area contributed by atoms with Crippen molar-refractivity contribution in [1.29, 1.82) is 0 Å². The third-order valence-corrected chi connectivity index (χ3v) is 23.1. The van der Waals surface area contributed by atoms with E-state index in [2.05, 4.69) is 74.9 Å². The average molecular weight is 1200 g/mol. The molecule has 3 saturated carbocycles. The molecular formula is C76H84N4O9. The highest BCUT2D eigenvalue weighted by Crippen LogP contribution is 2.62. The van der Waals surface area contributed by atoms with Gasteiger partial charge in [-0.25, -0.2) is 0 Å². The Balaban J connectivity index is 0.994. The molecule has 4 fully saturated rings. The lowest BCUT2D eigenvalue weighted by Crippen LogP contribution is -2.53. The number of carbonyl (C=O) groups is 2. The van der Waals surface area contributed by atoms with Gasteiger partial charge in [-0.1, -0.05) is 79.3 Å². The molecule has 10 aliphatic rings. The number of carbonyl (C=O) groups excluding carboxylic acids is 2. The van der Waals surface area contributed by atoms with Crippen LogP contribution in [0.3, 0.4) is 0 Å². The summed E-state index contributed by atoms with van der Waals surface area (Å²) in [6.07, 6.45) is 21.0. The number of ketones is 2. The Labute approximate surface area is 521 Å². The average Bonchev–Trinajstić information content (AvgIpc) is 1.72. The molecule has 13 nitrogen and oxygen atoms in total. The Morgan fingerprint density at radius 3 is 2.40 bits per heavy atom. The SMILES string of the molecule is O=C1CCc2cc(OC3CCCC3)c(O)c(c2)[C@@H](O)c2cc3c4cc2-c2ccccc2C[C@@H]2CC[C@H](NC2)[C@H](C#C[C@@H](Nc2[nH]ccc2C3)C2=Cc3[nH]ccc3[C@H](C[C@@]3(O)C=Cc5c(O)cccc5CC3)[C@@H]2C(=O)[C@H]1CCO)[C@@H](O)[C@@]41CCC2(CCCC2)C1. The maximum Gasteiger partial charge on any atom is 0.163 e. The number of hydrogen-bond donors (Lipinski definition) is 10. The number of H-pyrrole nitrogens is 2. The minimum absolute atomic E-state index is 0.0196. The van der Waals surface area contributed by atoms with Crippen molar-refractivity contribution in [2.45, 2.75) is 182 Å². The number of aromatic nitrogens is 2. The van der Waals surface area contributed by atoms with Gasteiger partial charge in [-0.2, -0.15) is 0 Å². The van der Waals surface area contributed by atoms with Crippen molar-refractivity contribution in [3.63, 3.8) is 0 Å². The van der Waals surface area contributed by atoms with Crippen LogP contribution in [-0.2, 0) is 40.7 Å². The van der Waals surface area contributed by atoms with Crippen molar-refractivity contribution in [3.8, 4) is 40.2 Å². The lowest BCUT2D eigenvalue weighted by molar-refractivity contribution is -0.135. The zero-order chi connectivity index (χ0) is 60.8. The van der Waals surface area contributed by atoms with Gasteiger partial charge in [-0.05, 0) is 231 Å². The van der Waals surface area contributed by atoms with Gasteiger partial charge in [0, 0.05) is 72.0 Å². The van der Waals surface area contributed by atoms with Crippen LogP contribution in [0.4, 0.5) is 5.82 Å². The van der Waals surface area contributed by atoms with Gasteiger partial charge in [0.15, 0.2) is 17.3 Å². The van der Waals surface area contributed by atoms with Gasteiger partial charge < -0.3 is 56.0 Å². The minimum atomic E-state index is -1.48. The fourth-order valence-electron chi connectivity index (χ4n) is 18.4. The number of aliphatic hydroxyl groups is 4. The second kappa shape index (κ2) is 23.2. The molecule has 6 heterocycles. The normalized spacial score (nSPS) is 30.4. The second-order valence-corrected chi connectivity index (χ2v) is 28.3. The van der Waals surface area contributed by atoms with E-state index in [-0.39, 0.29) is 83.5 Å². The highest BCUT2D eigenvalue weighted by Gasteiger charge is 2.57. The molecule has 0 radical (unpaired) electrons. The number of aliphatic hydroxyl groups excluding tert-OH is 3. The van der Waals surface area contributed by atoms with Crippen LogP contribution < -0.4 is 15.4 Å². The van der Waals surface area contributed by atoms with E-state index in [1.165, 1.54) is 5.56 Å². The second-order valence-electron chi connectivity index (χ2n) is 28.3. The van der Waals surface area contributed by atoms with Crippen molar-refractivity contribution < 1.29 is 45.0 Å². The maximum absolute atomic E-state index is 16.6. The number of fused-ring (bicyclic) bond motifs is 10. The van der Waals surface area contributed by atoms with E-state index in [1.807, 2.05) is 42.7 Å². The maximum atomic E-state index is 16.6. The summed E-state index contributed by atoms with van der Waals surface area (Å²) in [5.74, 6) is 4.48. The van der Waals surface area contributed by atoms with Gasteiger partial charge in [0.25, 0.3) is 0 Å². The van der Waals surface area contributed by atoms with Crippen LogP contribution in [0, 0.1) is 40.9 Å². The highest BCUT2D eigenvalue weighted by atomic mass is 16.5. The summed E-state index contributed by atoms with van der Waals surface area (Å²) in [5.41, 5.74) is 8.94. The molecule has 6 aliphatic carbocycles. The van der Waals surface area contributed by atoms with Crippen molar-refractivity contribution in [2.24, 2.45) is 29.1 Å². The van der Waals surface area contributed by atoms with Crippen LogP contribution >= 0.6 is 0 Å². The Hall–Kier alpha value is -7.18. The number of nitrogens with one attached hydrogen (secondary N) is 4. The van der Waals surface area contributed by atoms with Gasteiger partial charge in [-0.3, -0.25) is 9.59 Å². The van der Waals surface area contributed by atoms with Crippen molar-refractivity contribution in [1.82, 2.24) is 15.3 Å². The zero-order valence-corrected chi connectivity index (χ0v) is 50.8. The predicted molar refractivity (Wildman–Crippen MR) is 343 cm³/mol. The van der Waals surface area contributed by atoms with Crippen LogP contribution in [-0.4, -0.2) is 95.2 Å². The summed E-state index contributed by atoms with van der Waals surface area (Å²) in [7, 11) is 0. The van der Waals surface area contributed by atoms with Crippen molar-refractivity contribution in [2.75, 3.05) is 18.5 Å². The Bertz CT molecular complexity index is 3860. The molecule has 462 valence electrons. The van der Waals surface area contributed by atoms with E-state index < -0.39 is 59.5 Å². The molecule has 2 spiro atoms. The molecule has 6 aromatic rings. The first-order valence-electron chi connectivity index (χ1n) is 33.4. The van der Waals surface area contributed by atoms with E-state index >= 15 is 9.59 Å². The number of phenols is 2. The standard InChI is InChI=1S/C76H84N4O9/c81-33-24-55-66(83)19-15-44-35-59(70(85)67(36-44)89-50-10-2-3-11-50)69(84)57-38-49-37-48-22-31-78-73(48)80-63(58-40-64-53(23-32-77-64)60(68(58)71(55)86)41-75(88)27-20-46-9-7-13-65(82)52(46)21-28-75)18-16-54-62-17-14-45(42-79-62)34-47-8-1-4-12-51(47)56(57)39-61(49)76(72(54)87)30-29-74(43-76)25-5-6-26-74/h1,4,7-9,12-13,21-23,28,31-32,35-36,38-40,45,50,54-55,60,62-63,68-69,72,77-82,84-85,87-88H,2-3,5-6,10-11,14-15,17,19-20,24-27,29-30,33-34,37,41-43H2/t45-,54-,55-,60-,62-,63+,68+,69-,72+,75-,76+/m0/s1. The van der Waals surface area contributed by atoms with Crippen LogP contribution in [0.5, 0.6) is 17.2 Å². The summed E-state index contributed by atoms with van der Waals surface area (Å²) >= 11 is 0. The van der Waals surface area contributed by atoms with E-state index in [0.717, 1.165) is 135 Å². The number of benzene rings is 4. The fourth-order valence-corrected chi connectivity index (χ4v) is 18.4. The molecule has 10 N–H and O–H groups in total. The van der Waals surface area contributed by atoms with Gasteiger partial charge in [0.2, 0.25) is 0 Å². The Morgan fingerprint density at radius 1 is 0.742 bits per heavy atom. The molecule has 16 rings (SSSR count). The Morgan fingerprint density at radius 2 is 1.57 bits per heavy atom. The van der Waals surface area contributed by atoms with E-state index in [0.29, 0.717) is 53.9 Å². The lowest BCUT2D eigenvalue weighted by atomic mass is 9.63. The molecule has 4 aromatic carbocycles. The summed E-state index contributed by atoms with van der Waals surface area (Å²) < 4.78 is 6.73. The largest absolute Gasteiger partial charge is 0.507 e. The number of aromatic hydroxyl groups is 2. The molecule has 0 amide bonds. The summed E-state index contributed by atoms with van der Waals surface area (Å²) in [6.45, 7) is 0.271. The smallest absolute Gasteiger partial charge is 0.163 e. The first kappa shape index (κ1) is 58.2. The molecule has 4 aliphatic heterocycles. The number of hydrogen-bond acceptors (Lipinski definition) is 11. The summed E-state index contributed by atoms with van der Waals surface area (Å²) in [4.78, 5) is 39.1.